The summed E-state index contributed by atoms with van der Waals surface area (Å²) in [6, 6.07) is 8.12. The van der Waals surface area contributed by atoms with Crippen molar-refractivity contribution in [2.75, 3.05) is 19.4 Å². The van der Waals surface area contributed by atoms with E-state index in [-0.39, 0.29) is 6.04 Å². The van der Waals surface area contributed by atoms with E-state index in [1.807, 2.05) is 12.1 Å². The first-order valence-electron chi connectivity index (χ1n) is 6.83. The molecule has 0 unspecified atom stereocenters. The number of anilines is 1. The molecule has 1 atom stereocenters. The molecule has 0 spiro atoms. The van der Waals surface area contributed by atoms with Gasteiger partial charge in [-0.25, -0.2) is 9.97 Å². The minimum atomic E-state index is 0.288. The predicted octanol–water partition coefficient (Wildman–Crippen LogP) is 2.78. The first-order chi connectivity index (χ1) is 10.1. The molecule has 3 rings (SSSR count). The normalized spacial score (nSPS) is 17.4. The fourth-order valence-corrected chi connectivity index (χ4v) is 3.01. The Morgan fingerprint density at radius 2 is 2.29 bits per heavy atom. The van der Waals surface area contributed by atoms with Gasteiger partial charge in [-0.05, 0) is 31.3 Å². The van der Waals surface area contributed by atoms with Crippen LogP contribution in [0.4, 0.5) is 5.82 Å². The molecule has 6 heteroatoms. The maximum atomic E-state index is 5.73. The summed E-state index contributed by atoms with van der Waals surface area (Å²) in [5.74, 6) is 2.19. The number of hydrogen-bond acceptors (Lipinski definition) is 5. The van der Waals surface area contributed by atoms with Gasteiger partial charge in [-0.1, -0.05) is 15.9 Å². The second-order valence-electron chi connectivity index (χ2n) is 5.15. The van der Waals surface area contributed by atoms with Crippen molar-refractivity contribution in [1.82, 2.24) is 14.9 Å². The molecule has 1 aromatic carbocycles. The topological polar surface area (TPSA) is 64.3 Å². The lowest BCUT2D eigenvalue weighted by Crippen LogP contribution is -2.29. The van der Waals surface area contributed by atoms with Crippen LogP contribution in [0.5, 0.6) is 5.75 Å². The van der Waals surface area contributed by atoms with Gasteiger partial charge in [-0.3, -0.25) is 4.90 Å². The number of nitrogens with two attached hydrogens (primary N) is 1. The summed E-state index contributed by atoms with van der Waals surface area (Å²) in [6.07, 6.45) is 2.64. The van der Waals surface area contributed by atoms with E-state index in [4.69, 9.17) is 10.5 Å². The summed E-state index contributed by atoms with van der Waals surface area (Å²) >= 11 is 3.53. The molecule has 0 radical (unpaired) electrons. The van der Waals surface area contributed by atoms with Crippen molar-refractivity contribution in [3.63, 3.8) is 0 Å². The summed E-state index contributed by atoms with van der Waals surface area (Å²) in [5.41, 5.74) is 6.91. The maximum Gasteiger partial charge on any atom is 0.144 e. The largest absolute Gasteiger partial charge is 0.493 e. The average Bonchev–Trinajstić information content (AvgIpc) is 2.46. The van der Waals surface area contributed by atoms with E-state index in [2.05, 4.69) is 43.9 Å². The van der Waals surface area contributed by atoms with Crippen LogP contribution in [0.2, 0.25) is 0 Å². The van der Waals surface area contributed by atoms with Crippen molar-refractivity contribution >= 4 is 21.7 Å². The Morgan fingerprint density at radius 1 is 1.43 bits per heavy atom. The first-order valence-corrected chi connectivity index (χ1v) is 7.62. The zero-order chi connectivity index (χ0) is 14.8. The van der Waals surface area contributed by atoms with Crippen LogP contribution in [0.25, 0.3) is 0 Å². The number of nitrogen functional groups attached to an aromatic ring is 1. The number of fused-ring (bicyclic) bond motifs is 1. The lowest BCUT2D eigenvalue weighted by Gasteiger charge is -2.33. The molecule has 1 aliphatic heterocycles. The van der Waals surface area contributed by atoms with E-state index in [0.29, 0.717) is 12.4 Å². The molecule has 5 nitrogen and oxygen atoms in total. The van der Waals surface area contributed by atoms with Crippen molar-refractivity contribution in [1.29, 1.82) is 0 Å². The number of aromatic nitrogens is 2. The molecule has 21 heavy (non-hydrogen) atoms. The Labute approximate surface area is 132 Å². The van der Waals surface area contributed by atoms with Gasteiger partial charge in [-0.2, -0.15) is 0 Å². The molecule has 0 fully saturated rings. The van der Waals surface area contributed by atoms with Crippen molar-refractivity contribution in [3.05, 3.63) is 46.3 Å². The van der Waals surface area contributed by atoms with Gasteiger partial charge in [0.25, 0.3) is 0 Å². The highest BCUT2D eigenvalue weighted by Crippen LogP contribution is 2.37. The smallest absolute Gasteiger partial charge is 0.144 e. The molecular weight excluding hydrogens is 332 g/mol. The van der Waals surface area contributed by atoms with Crippen molar-refractivity contribution in [2.24, 2.45) is 0 Å². The third-order valence-electron chi connectivity index (χ3n) is 3.63. The van der Waals surface area contributed by atoms with Gasteiger partial charge in [0.2, 0.25) is 0 Å². The SMILES string of the molecule is CN(Cc1nccc(N)n1)[C@H]1CCOc2ccc(Br)cc21. The van der Waals surface area contributed by atoms with E-state index in [1.165, 1.54) is 5.56 Å². The quantitative estimate of drug-likeness (QED) is 0.923. The van der Waals surface area contributed by atoms with Gasteiger partial charge in [-0.15, -0.1) is 0 Å². The lowest BCUT2D eigenvalue weighted by atomic mass is 9.99. The van der Waals surface area contributed by atoms with E-state index >= 15 is 0 Å². The minimum Gasteiger partial charge on any atom is -0.493 e. The Balaban J connectivity index is 1.83. The molecule has 1 aromatic heterocycles. The summed E-state index contributed by atoms with van der Waals surface area (Å²) in [5, 5.41) is 0. The van der Waals surface area contributed by atoms with Crippen LogP contribution < -0.4 is 10.5 Å². The number of benzene rings is 1. The number of rotatable bonds is 3. The van der Waals surface area contributed by atoms with Gasteiger partial charge in [0.1, 0.15) is 17.4 Å². The van der Waals surface area contributed by atoms with Crippen LogP contribution >= 0.6 is 15.9 Å². The van der Waals surface area contributed by atoms with Crippen LogP contribution in [0.1, 0.15) is 23.9 Å². The van der Waals surface area contributed by atoms with Crippen molar-refractivity contribution in [3.8, 4) is 5.75 Å². The van der Waals surface area contributed by atoms with Gasteiger partial charge >= 0.3 is 0 Å². The van der Waals surface area contributed by atoms with Crippen LogP contribution in [0.15, 0.2) is 34.9 Å². The van der Waals surface area contributed by atoms with Gasteiger partial charge in [0.05, 0.1) is 13.2 Å². The van der Waals surface area contributed by atoms with Crippen LogP contribution in [-0.2, 0) is 6.54 Å². The van der Waals surface area contributed by atoms with E-state index in [1.54, 1.807) is 12.3 Å². The molecule has 0 aliphatic carbocycles. The molecule has 1 aliphatic rings. The van der Waals surface area contributed by atoms with E-state index < -0.39 is 0 Å². The van der Waals surface area contributed by atoms with Crippen LogP contribution in [-0.4, -0.2) is 28.5 Å². The van der Waals surface area contributed by atoms with Gasteiger partial charge in [0, 0.05) is 28.7 Å². The van der Waals surface area contributed by atoms with Crippen LogP contribution in [0, 0.1) is 0 Å². The number of halogens is 1. The summed E-state index contributed by atoms with van der Waals surface area (Å²) < 4.78 is 6.79. The molecule has 0 saturated carbocycles. The fraction of sp³-hybridized carbons (Fsp3) is 0.333. The Hall–Kier alpha value is -1.66. The summed E-state index contributed by atoms with van der Waals surface area (Å²) in [7, 11) is 2.08. The summed E-state index contributed by atoms with van der Waals surface area (Å²) in [4.78, 5) is 10.8. The molecule has 0 bridgehead atoms. The molecule has 0 amide bonds. The second-order valence-corrected chi connectivity index (χ2v) is 6.06. The highest BCUT2D eigenvalue weighted by Gasteiger charge is 2.25. The zero-order valence-electron chi connectivity index (χ0n) is 11.8. The maximum absolute atomic E-state index is 5.73. The highest BCUT2D eigenvalue weighted by molar-refractivity contribution is 9.10. The van der Waals surface area contributed by atoms with E-state index in [9.17, 15) is 0 Å². The van der Waals surface area contributed by atoms with Gasteiger partial charge < -0.3 is 10.5 Å². The fourth-order valence-electron chi connectivity index (χ4n) is 2.63. The van der Waals surface area contributed by atoms with Crippen molar-refractivity contribution < 1.29 is 4.74 Å². The average molecular weight is 349 g/mol. The zero-order valence-corrected chi connectivity index (χ0v) is 13.4. The molecule has 2 N–H and O–H groups in total. The van der Waals surface area contributed by atoms with Crippen LogP contribution in [0.3, 0.4) is 0 Å². The Bertz CT molecular complexity index is 649. The molecule has 0 saturated heterocycles. The lowest BCUT2D eigenvalue weighted by molar-refractivity contribution is 0.158. The number of nitrogens with zero attached hydrogens (tertiary/aromatic N) is 3. The second kappa shape index (κ2) is 5.99. The van der Waals surface area contributed by atoms with Gasteiger partial charge in [0.15, 0.2) is 0 Å². The molecule has 110 valence electrons. The molecule has 2 aromatic rings. The number of hydrogen-bond donors (Lipinski definition) is 1. The Kier molecular flexibility index (Phi) is 4.07. The third-order valence-corrected chi connectivity index (χ3v) is 4.12. The van der Waals surface area contributed by atoms with E-state index in [0.717, 1.165) is 29.1 Å². The summed E-state index contributed by atoms with van der Waals surface area (Å²) in [6.45, 7) is 1.38. The standard InChI is InChI=1S/C15H17BrN4O/c1-20(9-15-18-6-4-14(17)19-15)12-5-7-21-13-3-2-10(16)8-11(12)13/h2-4,6,8,12H,5,7,9H2,1H3,(H2,17,18,19)/t12-/m0/s1. The number of ether oxygens (including phenoxy) is 1. The minimum absolute atomic E-state index is 0.288. The molecular formula is C15H17BrN4O. The molecule has 2 heterocycles. The first kappa shape index (κ1) is 14.3. The van der Waals surface area contributed by atoms with Crippen molar-refractivity contribution in [2.45, 2.75) is 19.0 Å². The third kappa shape index (κ3) is 3.16. The monoisotopic (exact) mass is 348 g/mol. The highest BCUT2D eigenvalue weighted by atomic mass is 79.9. The predicted molar refractivity (Wildman–Crippen MR) is 84.9 cm³/mol. The Morgan fingerprint density at radius 3 is 3.10 bits per heavy atom.